The average molecular weight is 253 g/mol. The Morgan fingerprint density at radius 3 is 2.21 bits per heavy atom. The van der Waals surface area contributed by atoms with Crippen molar-refractivity contribution in [2.24, 2.45) is 23.7 Å². The summed E-state index contributed by atoms with van der Waals surface area (Å²) in [5, 5.41) is 8.95. The third-order valence-corrected chi connectivity index (χ3v) is 5.63. The first-order valence-electron chi connectivity index (χ1n) is 7.41. The molecule has 4 aliphatic rings. The molecule has 98 valence electrons. The van der Waals surface area contributed by atoms with Crippen molar-refractivity contribution in [2.45, 2.75) is 38.0 Å². The molecule has 1 heterocycles. The van der Waals surface area contributed by atoms with Crippen LogP contribution in [0.2, 0.25) is 0 Å². The number of aromatic nitrogens is 1. The van der Waals surface area contributed by atoms with Gasteiger partial charge in [-0.05, 0) is 67.9 Å². The molecule has 0 atom stereocenters. The van der Waals surface area contributed by atoms with E-state index in [1.807, 2.05) is 12.1 Å². The van der Waals surface area contributed by atoms with Crippen molar-refractivity contribution in [3.05, 3.63) is 23.4 Å². The average Bonchev–Trinajstić information content (AvgIpc) is 2.37. The van der Waals surface area contributed by atoms with Gasteiger partial charge in [0.15, 0.2) is 0 Å². The SMILES string of the molecule is N#Cc1ccc(C2C3CC4CC(C3)CC2C4)nc1N. The van der Waals surface area contributed by atoms with Gasteiger partial charge in [0.25, 0.3) is 0 Å². The van der Waals surface area contributed by atoms with E-state index in [0.717, 1.165) is 29.4 Å². The summed E-state index contributed by atoms with van der Waals surface area (Å²) < 4.78 is 0. The highest BCUT2D eigenvalue weighted by Gasteiger charge is 2.49. The first-order valence-corrected chi connectivity index (χ1v) is 7.41. The second kappa shape index (κ2) is 3.96. The topological polar surface area (TPSA) is 62.7 Å². The molecular weight excluding hydrogens is 234 g/mol. The third kappa shape index (κ3) is 1.66. The molecule has 4 saturated carbocycles. The zero-order valence-corrected chi connectivity index (χ0v) is 11.0. The van der Waals surface area contributed by atoms with Crippen LogP contribution in [-0.2, 0) is 0 Å². The summed E-state index contributed by atoms with van der Waals surface area (Å²) in [6.07, 6.45) is 7.03. The number of hydrogen-bond acceptors (Lipinski definition) is 3. The summed E-state index contributed by atoms with van der Waals surface area (Å²) in [5.74, 6) is 4.60. The van der Waals surface area contributed by atoms with E-state index in [0.29, 0.717) is 17.3 Å². The molecule has 0 spiro atoms. The van der Waals surface area contributed by atoms with Crippen molar-refractivity contribution < 1.29 is 0 Å². The minimum Gasteiger partial charge on any atom is -0.383 e. The van der Waals surface area contributed by atoms with Gasteiger partial charge < -0.3 is 5.73 Å². The van der Waals surface area contributed by atoms with Crippen molar-refractivity contribution in [3.63, 3.8) is 0 Å². The van der Waals surface area contributed by atoms with Crippen LogP contribution in [0.3, 0.4) is 0 Å². The molecule has 3 nitrogen and oxygen atoms in total. The number of pyridine rings is 1. The molecule has 0 aromatic carbocycles. The molecule has 4 bridgehead atoms. The highest BCUT2D eigenvalue weighted by molar-refractivity contribution is 5.49. The summed E-state index contributed by atoms with van der Waals surface area (Å²) in [7, 11) is 0. The van der Waals surface area contributed by atoms with E-state index < -0.39 is 0 Å². The Labute approximate surface area is 113 Å². The summed E-state index contributed by atoms with van der Waals surface area (Å²) >= 11 is 0. The summed E-state index contributed by atoms with van der Waals surface area (Å²) in [6, 6.07) is 6.00. The maximum Gasteiger partial charge on any atom is 0.141 e. The zero-order valence-electron chi connectivity index (χ0n) is 11.0. The number of hydrogen-bond donors (Lipinski definition) is 1. The fraction of sp³-hybridized carbons (Fsp3) is 0.625. The minimum atomic E-state index is 0.411. The zero-order chi connectivity index (χ0) is 13.0. The number of rotatable bonds is 1. The van der Waals surface area contributed by atoms with Gasteiger partial charge in [0.1, 0.15) is 11.9 Å². The third-order valence-electron chi connectivity index (χ3n) is 5.63. The van der Waals surface area contributed by atoms with Gasteiger partial charge in [0.2, 0.25) is 0 Å². The summed E-state index contributed by atoms with van der Waals surface area (Å²) in [5.41, 5.74) is 7.54. The van der Waals surface area contributed by atoms with E-state index in [1.165, 1.54) is 32.1 Å². The van der Waals surface area contributed by atoms with Gasteiger partial charge in [0, 0.05) is 11.6 Å². The van der Waals surface area contributed by atoms with Crippen LogP contribution < -0.4 is 5.73 Å². The Bertz CT molecular complexity index is 530. The maximum atomic E-state index is 8.95. The number of nitriles is 1. The largest absolute Gasteiger partial charge is 0.383 e. The van der Waals surface area contributed by atoms with Crippen molar-refractivity contribution in [1.82, 2.24) is 4.98 Å². The normalized spacial score (nSPS) is 39.2. The number of nitrogens with two attached hydrogens (primary N) is 1. The highest BCUT2D eigenvalue weighted by atomic mass is 14.9. The smallest absolute Gasteiger partial charge is 0.141 e. The molecule has 2 N–H and O–H groups in total. The van der Waals surface area contributed by atoms with Crippen molar-refractivity contribution in [2.75, 3.05) is 5.73 Å². The second-order valence-electron chi connectivity index (χ2n) is 6.74. The predicted octanol–water partition coefficient (Wildman–Crippen LogP) is 3.08. The molecule has 1 aromatic heterocycles. The molecule has 0 unspecified atom stereocenters. The maximum absolute atomic E-state index is 8.95. The number of anilines is 1. The van der Waals surface area contributed by atoms with E-state index in [-0.39, 0.29) is 0 Å². The fourth-order valence-electron chi connectivity index (χ4n) is 5.18. The van der Waals surface area contributed by atoms with Gasteiger partial charge in [-0.15, -0.1) is 0 Å². The summed E-state index contributed by atoms with van der Waals surface area (Å²) in [4.78, 5) is 4.55. The Kier molecular flexibility index (Phi) is 2.35. The minimum absolute atomic E-state index is 0.411. The quantitative estimate of drug-likeness (QED) is 0.836. The second-order valence-corrected chi connectivity index (χ2v) is 6.74. The van der Waals surface area contributed by atoms with Crippen LogP contribution in [0.1, 0.15) is 49.3 Å². The van der Waals surface area contributed by atoms with Gasteiger partial charge in [-0.1, -0.05) is 0 Å². The lowest BCUT2D eigenvalue weighted by atomic mass is 9.51. The summed E-state index contributed by atoms with van der Waals surface area (Å²) in [6.45, 7) is 0. The van der Waals surface area contributed by atoms with E-state index in [9.17, 15) is 0 Å². The van der Waals surface area contributed by atoms with Gasteiger partial charge in [0.05, 0.1) is 5.56 Å². The van der Waals surface area contributed by atoms with E-state index >= 15 is 0 Å². The lowest BCUT2D eigenvalue weighted by Gasteiger charge is -2.54. The molecule has 0 radical (unpaired) electrons. The van der Waals surface area contributed by atoms with E-state index in [4.69, 9.17) is 11.0 Å². The highest BCUT2D eigenvalue weighted by Crippen LogP contribution is 2.59. The van der Waals surface area contributed by atoms with Crippen LogP contribution in [0.15, 0.2) is 12.1 Å². The van der Waals surface area contributed by atoms with Crippen molar-refractivity contribution >= 4 is 5.82 Å². The van der Waals surface area contributed by atoms with Gasteiger partial charge >= 0.3 is 0 Å². The molecule has 4 fully saturated rings. The number of nitrogen functional groups attached to an aromatic ring is 1. The number of nitrogens with zero attached hydrogens (tertiary/aromatic N) is 2. The molecule has 3 heteroatoms. The lowest BCUT2D eigenvalue weighted by molar-refractivity contribution is -0.00410. The van der Waals surface area contributed by atoms with Crippen LogP contribution in [-0.4, -0.2) is 4.98 Å². The molecule has 1 aromatic rings. The molecule has 0 aliphatic heterocycles. The van der Waals surface area contributed by atoms with E-state index in [2.05, 4.69) is 11.1 Å². The van der Waals surface area contributed by atoms with Crippen LogP contribution in [0.4, 0.5) is 5.82 Å². The molecule has 19 heavy (non-hydrogen) atoms. The van der Waals surface area contributed by atoms with Gasteiger partial charge in [-0.25, -0.2) is 4.98 Å². The molecule has 0 amide bonds. The van der Waals surface area contributed by atoms with Crippen LogP contribution in [0.25, 0.3) is 0 Å². The molecular formula is C16H19N3. The van der Waals surface area contributed by atoms with Crippen molar-refractivity contribution in [3.8, 4) is 6.07 Å². The van der Waals surface area contributed by atoms with Crippen LogP contribution in [0.5, 0.6) is 0 Å². The fourth-order valence-corrected chi connectivity index (χ4v) is 5.18. The Balaban J connectivity index is 1.69. The predicted molar refractivity (Wildman–Crippen MR) is 73.2 cm³/mol. The Hall–Kier alpha value is -1.56. The van der Waals surface area contributed by atoms with Crippen LogP contribution in [0, 0.1) is 35.0 Å². The molecule has 5 rings (SSSR count). The monoisotopic (exact) mass is 253 g/mol. The van der Waals surface area contributed by atoms with Crippen molar-refractivity contribution in [1.29, 1.82) is 5.26 Å². The Morgan fingerprint density at radius 2 is 1.68 bits per heavy atom. The standard InChI is InChI=1S/C16H19N3/c17-8-11-1-2-14(19-16(11)18)15-12-4-9-3-10(6-12)7-13(15)5-9/h1-2,9-10,12-13,15H,3-7H2,(H2,18,19). The van der Waals surface area contributed by atoms with Gasteiger partial charge in [-0.3, -0.25) is 0 Å². The first-order chi connectivity index (χ1) is 9.24. The Morgan fingerprint density at radius 1 is 1.05 bits per heavy atom. The van der Waals surface area contributed by atoms with Gasteiger partial charge in [-0.2, -0.15) is 5.26 Å². The molecule has 4 aliphatic carbocycles. The first kappa shape index (κ1) is 11.3. The van der Waals surface area contributed by atoms with Crippen LogP contribution >= 0.6 is 0 Å². The van der Waals surface area contributed by atoms with E-state index in [1.54, 1.807) is 0 Å². The lowest BCUT2D eigenvalue weighted by Crippen LogP contribution is -2.44. The molecule has 0 saturated heterocycles.